The van der Waals surface area contributed by atoms with Crippen molar-refractivity contribution in [1.29, 1.82) is 0 Å². The molecule has 2 atom stereocenters. The minimum absolute atomic E-state index is 0.0681. The molecule has 0 amide bonds. The summed E-state index contributed by atoms with van der Waals surface area (Å²) in [4.78, 5) is 6.79. The number of hydrogen-bond acceptors (Lipinski definition) is 4. The summed E-state index contributed by atoms with van der Waals surface area (Å²) in [5, 5.41) is 10.5. The third-order valence-corrected chi connectivity index (χ3v) is 3.93. The van der Waals surface area contributed by atoms with Gasteiger partial charge >= 0.3 is 0 Å². The molecule has 5 heteroatoms. The summed E-state index contributed by atoms with van der Waals surface area (Å²) in [6.45, 7) is 7.18. The fraction of sp³-hybridized carbons (Fsp3) is 0.643. The van der Waals surface area contributed by atoms with Crippen LogP contribution >= 0.6 is 15.9 Å². The summed E-state index contributed by atoms with van der Waals surface area (Å²) < 4.78 is 6.20. The Labute approximate surface area is 122 Å². The Morgan fingerprint density at radius 2 is 2.00 bits per heavy atom. The summed E-state index contributed by atoms with van der Waals surface area (Å²) in [7, 11) is 0. The predicted molar refractivity (Wildman–Crippen MR) is 77.9 cm³/mol. The van der Waals surface area contributed by atoms with E-state index in [1.165, 1.54) is 0 Å². The molecular formula is C14H21BrN2O2. The third-order valence-electron chi connectivity index (χ3n) is 3.49. The lowest BCUT2D eigenvalue weighted by atomic mass is 9.95. The van der Waals surface area contributed by atoms with Gasteiger partial charge in [0.15, 0.2) is 0 Å². The van der Waals surface area contributed by atoms with Gasteiger partial charge < -0.3 is 9.84 Å². The standard InChI is InChI=1S/C14H21BrN2O2/c1-10(2)14(18)13(17-6-8-19-9-7-17)11-4-3-5-12(15)16-11/h3-5,10,13-14,18H,6-9H2,1-2H3. The Hall–Kier alpha value is -0.490. The average molecular weight is 329 g/mol. The van der Waals surface area contributed by atoms with E-state index in [0.717, 1.165) is 36.6 Å². The Balaban J connectivity index is 2.27. The fourth-order valence-corrected chi connectivity index (χ4v) is 2.74. The van der Waals surface area contributed by atoms with Crippen molar-refractivity contribution >= 4 is 15.9 Å². The highest BCUT2D eigenvalue weighted by Crippen LogP contribution is 2.28. The van der Waals surface area contributed by atoms with Crippen LogP contribution < -0.4 is 0 Å². The van der Waals surface area contributed by atoms with Crippen LogP contribution in [0.5, 0.6) is 0 Å². The first-order valence-electron chi connectivity index (χ1n) is 6.72. The summed E-state index contributed by atoms with van der Waals surface area (Å²) in [5.74, 6) is 0.189. The van der Waals surface area contributed by atoms with E-state index in [2.05, 4.69) is 25.8 Å². The number of ether oxygens (including phenoxy) is 1. The van der Waals surface area contributed by atoms with Crippen LogP contribution in [0, 0.1) is 5.92 Å². The maximum absolute atomic E-state index is 10.5. The van der Waals surface area contributed by atoms with Crippen molar-refractivity contribution in [1.82, 2.24) is 9.88 Å². The smallest absolute Gasteiger partial charge is 0.106 e. The van der Waals surface area contributed by atoms with E-state index in [-0.39, 0.29) is 12.0 Å². The van der Waals surface area contributed by atoms with Gasteiger partial charge in [0.05, 0.1) is 31.1 Å². The molecule has 4 nitrogen and oxygen atoms in total. The van der Waals surface area contributed by atoms with Crippen molar-refractivity contribution < 1.29 is 9.84 Å². The van der Waals surface area contributed by atoms with E-state index in [4.69, 9.17) is 4.74 Å². The highest BCUT2D eigenvalue weighted by atomic mass is 79.9. The number of morpholine rings is 1. The van der Waals surface area contributed by atoms with Crippen LogP contribution in [-0.2, 0) is 4.74 Å². The van der Waals surface area contributed by atoms with E-state index in [1.54, 1.807) is 0 Å². The SMILES string of the molecule is CC(C)C(O)C(c1cccc(Br)n1)N1CCOCC1. The largest absolute Gasteiger partial charge is 0.391 e. The number of halogens is 1. The monoisotopic (exact) mass is 328 g/mol. The van der Waals surface area contributed by atoms with Crippen LogP contribution in [-0.4, -0.2) is 47.4 Å². The molecule has 0 spiro atoms. The molecule has 2 rings (SSSR count). The molecule has 0 bridgehead atoms. The Morgan fingerprint density at radius 3 is 2.58 bits per heavy atom. The summed E-state index contributed by atoms with van der Waals surface area (Å²) in [5.41, 5.74) is 0.914. The van der Waals surface area contributed by atoms with Gasteiger partial charge in [-0.1, -0.05) is 19.9 Å². The second kappa shape index (κ2) is 6.79. The van der Waals surface area contributed by atoms with Gasteiger partial charge in [-0.25, -0.2) is 4.98 Å². The van der Waals surface area contributed by atoms with E-state index in [1.807, 2.05) is 32.0 Å². The second-order valence-corrected chi connectivity index (χ2v) is 6.03. The molecule has 1 N–H and O–H groups in total. The molecule has 1 aliphatic heterocycles. The molecule has 1 aromatic rings. The number of rotatable bonds is 4. The van der Waals surface area contributed by atoms with Crippen molar-refractivity contribution in [3.63, 3.8) is 0 Å². The zero-order valence-corrected chi connectivity index (χ0v) is 13.0. The van der Waals surface area contributed by atoms with Crippen molar-refractivity contribution in [2.45, 2.75) is 26.0 Å². The molecule has 0 radical (unpaired) electrons. The predicted octanol–water partition coefficient (Wildman–Crippen LogP) is 2.23. The van der Waals surface area contributed by atoms with Gasteiger partial charge in [0, 0.05) is 13.1 Å². The highest BCUT2D eigenvalue weighted by molar-refractivity contribution is 9.10. The molecule has 0 aromatic carbocycles. The topological polar surface area (TPSA) is 45.6 Å². The Kier molecular flexibility index (Phi) is 5.33. The maximum atomic E-state index is 10.5. The van der Waals surface area contributed by atoms with Gasteiger partial charge in [0.25, 0.3) is 0 Å². The lowest BCUT2D eigenvalue weighted by Crippen LogP contribution is -2.45. The minimum Gasteiger partial charge on any atom is -0.391 e. The first kappa shape index (κ1) is 14.9. The van der Waals surface area contributed by atoms with Crippen molar-refractivity contribution in [2.24, 2.45) is 5.92 Å². The Morgan fingerprint density at radius 1 is 1.32 bits per heavy atom. The molecular weight excluding hydrogens is 308 g/mol. The van der Waals surface area contributed by atoms with Crippen molar-refractivity contribution in [3.8, 4) is 0 Å². The molecule has 1 aliphatic rings. The first-order chi connectivity index (χ1) is 9.09. The number of hydrogen-bond donors (Lipinski definition) is 1. The number of aliphatic hydroxyl groups excluding tert-OH is 1. The fourth-order valence-electron chi connectivity index (χ4n) is 2.39. The van der Waals surface area contributed by atoms with Gasteiger partial charge in [-0.3, -0.25) is 4.90 Å². The third kappa shape index (κ3) is 3.75. The van der Waals surface area contributed by atoms with Crippen molar-refractivity contribution in [3.05, 3.63) is 28.5 Å². The molecule has 2 heterocycles. The summed E-state index contributed by atoms with van der Waals surface area (Å²) in [6, 6.07) is 5.78. The lowest BCUT2D eigenvalue weighted by Gasteiger charge is -2.38. The van der Waals surface area contributed by atoms with Crippen LogP contribution in [0.25, 0.3) is 0 Å². The molecule has 2 unspecified atom stereocenters. The van der Waals surface area contributed by atoms with E-state index in [0.29, 0.717) is 0 Å². The first-order valence-corrected chi connectivity index (χ1v) is 7.51. The minimum atomic E-state index is -0.431. The normalized spacial score (nSPS) is 20.5. The van der Waals surface area contributed by atoms with Gasteiger partial charge in [0.2, 0.25) is 0 Å². The summed E-state index contributed by atoms with van der Waals surface area (Å²) in [6.07, 6.45) is -0.431. The van der Waals surface area contributed by atoms with Crippen LogP contribution in [0.4, 0.5) is 0 Å². The van der Waals surface area contributed by atoms with Gasteiger partial charge in [-0.15, -0.1) is 0 Å². The van der Waals surface area contributed by atoms with Crippen LogP contribution in [0.1, 0.15) is 25.6 Å². The maximum Gasteiger partial charge on any atom is 0.106 e. The van der Waals surface area contributed by atoms with Crippen LogP contribution in [0.15, 0.2) is 22.8 Å². The lowest BCUT2D eigenvalue weighted by molar-refractivity contribution is -0.0372. The number of aliphatic hydroxyl groups is 1. The van der Waals surface area contributed by atoms with Gasteiger partial charge in [0.1, 0.15) is 4.60 Å². The van der Waals surface area contributed by atoms with E-state index < -0.39 is 6.10 Å². The van der Waals surface area contributed by atoms with Crippen LogP contribution in [0.2, 0.25) is 0 Å². The van der Waals surface area contributed by atoms with Crippen molar-refractivity contribution in [2.75, 3.05) is 26.3 Å². The average Bonchev–Trinajstić information content (AvgIpc) is 2.40. The van der Waals surface area contributed by atoms with E-state index in [9.17, 15) is 5.11 Å². The van der Waals surface area contributed by atoms with Gasteiger partial charge in [-0.2, -0.15) is 0 Å². The highest BCUT2D eigenvalue weighted by Gasteiger charge is 2.31. The molecule has 0 aliphatic carbocycles. The molecule has 0 saturated carbocycles. The molecule has 1 saturated heterocycles. The van der Waals surface area contributed by atoms with Gasteiger partial charge in [-0.05, 0) is 34.0 Å². The molecule has 1 fully saturated rings. The van der Waals surface area contributed by atoms with Crippen LogP contribution in [0.3, 0.4) is 0 Å². The molecule has 19 heavy (non-hydrogen) atoms. The second-order valence-electron chi connectivity index (χ2n) is 5.21. The number of pyridine rings is 1. The summed E-state index contributed by atoms with van der Waals surface area (Å²) >= 11 is 3.40. The zero-order valence-electron chi connectivity index (χ0n) is 11.4. The quantitative estimate of drug-likeness (QED) is 0.861. The molecule has 106 valence electrons. The number of nitrogens with zero attached hydrogens (tertiary/aromatic N) is 2. The Bertz CT molecular complexity index is 408. The van der Waals surface area contributed by atoms with E-state index >= 15 is 0 Å². The zero-order chi connectivity index (χ0) is 13.8. The molecule has 1 aromatic heterocycles. The number of aromatic nitrogens is 1.